The van der Waals surface area contributed by atoms with Gasteiger partial charge in [0.1, 0.15) is 12.7 Å². The second-order valence-electron chi connectivity index (χ2n) is 7.17. The average Bonchev–Trinajstić information content (AvgIpc) is 3.12. The van der Waals surface area contributed by atoms with Gasteiger partial charge in [0.2, 0.25) is 11.9 Å². The lowest BCUT2D eigenvalue weighted by molar-refractivity contribution is -0.117. The fraction of sp³-hybridized carbons (Fsp3) is 0.263. The molecule has 28 heavy (non-hydrogen) atoms. The molecular weight excluding hydrogens is 429 g/mol. The van der Waals surface area contributed by atoms with E-state index in [2.05, 4.69) is 31.3 Å². The lowest BCUT2D eigenvalue weighted by Gasteiger charge is -2.34. The number of carbonyl (C=O) groups is 2. The maximum atomic E-state index is 14.3. The number of aromatic nitrogens is 3. The highest BCUT2D eigenvalue weighted by molar-refractivity contribution is 9.10. The second kappa shape index (κ2) is 6.10. The summed E-state index contributed by atoms with van der Waals surface area (Å²) >= 11 is 3.39. The van der Waals surface area contributed by atoms with Gasteiger partial charge in [-0.05, 0) is 42.3 Å². The molecule has 1 aliphatic carbocycles. The molecule has 1 N–H and O–H groups in total. The van der Waals surface area contributed by atoms with Crippen molar-refractivity contribution in [2.75, 3.05) is 18.4 Å². The Morgan fingerprint density at radius 3 is 2.93 bits per heavy atom. The number of pyridine rings is 1. The molecule has 142 valence electrons. The molecule has 1 unspecified atom stereocenters. The molecule has 1 aliphatic heterocycles. The Morgan fingerprint density at radius 2 is 2.18 bits per heavy atom. The SMILES string of the molecule is O=C(CN1CC2(C[C@@H]2F)c2cc(Br)ccc2C1=O)Nc1nc2ccccn2n1. The largest absolute Gasteiger partial charge is 0.328 e. The minimum absolute atomic E-state index is 0.162. The summed E-state index contributed by atoms with van der Waals surface area (Å²) in [6.45, 7) is 0.000821. The Kier molecular flexibility index (Phi) is 3.77. The van der Waals surface area contributed by atoms with Crippen LogP contribution in [0, 0.1) is 0 Å². The molecule has 1 fully saturated rings. The normalized spacial score (nSPS) is 23.1. The van der Waals surface area contributed by atoms with E-state index in [4.69, 9.17) is 0 Å². The molecule has 5 rings (SSSR count). The maximum Gasteiger partial charge on any atom is 0.254 e. The molecule has 1 aromatic carbocycles. The Bertz CT molecular complexity index is 1100. The zero-order valence-electron chi connectivity index (χ0n) is 14.6. The van der Waals surface area contributed by atoms with Gasteiger partial charge in [-0.3, -0.25) is 14.9 Å². The standard InChI is InChI=1S/C19H15BrFN5O2/c20-11-4-5-12-13(7-11)19(8-14(19)21)10-25(17(12)28)9-16(27)23-18-22-15-3-1-2-6-26(15)24-18/h1-7,14H,8-10H2,(H,23,24,27)/t14-,19?/m0/s1. The molecule has 9 heteroatoms. The third-order valence-electron chi connectivity index (χ3n) is 5.32. The Labute approximate surface area is 167 Å². The number of benzene rings is 1. The van der Waals surface area contributed by atoms with Crippen molar-refractivity contribution in [3.63, 3.8) is 0 Å². The lowest BCUT2D eigenvalue weighted by atomic mass is 9.86. The summed E-state index contributed by atoms with van der Waals surface area (Å²) in [6, 6.07) is 10.6. The van der Waals surface area contributed by atoms with Crippen LogP contribution in [0.4, 0.5) is 10.3 Å². The van der Waals surface area contributed by atoms with Crippen LogP contribution in [0.5, 0.6) is 0 Å². The van der Waals surface area contributed by atoms with E-state index in [1.54, 1.807) is 35.0 Å². The van der Waals surface area contributed by atoms with E-state index in [0.717, 1.165) is 10.0 Å². The summed E-state index contributed by atoms with van der Waals surface area (Å²) < 4.78 is 16.6. The smallest absolute Gasteiger partial charge is 0.254 e. The van der Waals surface area contributed by atoms with Crippen LogP contribution in [-0.2, 0) is 10.2 Å². The van der Waals surface area contributed by atoms with Crippen LogP contribution in [0.3, 0.4) is 0 Å². The molecule has 0 radical (unpaired) electrons. The van der Waals surface area contributed by atoms with E-state index < -0.39 is 17.5 Å². The summed E-state index contributed by atoms with van der Waals surface area (Å²) in [4.78, 5) is 31.0. The summed E-state index contributed by atoms with van der Waals surface area (Å²) in [7, 11) is 0. The fourth-order valence-electron chi connectivity index (χ4n) is 3.84. The van der Waals surface area contributed by atoms with Crippen LogP contribution in [-0.4, -0.2) is 50.6 Å². The van der Waals surface area contributed by atoms with Crippen molar-refractivity contribution in [2.45, 2.75) is 18.0 Å². The first-order valence-electron chi connectivity index (χ1n) is 8.81. The molecule has 2 aromatic heterocycles. The number of carbonyl (C=O) groups excluding carboxylic acids is 2. The predicted octanol–water partition coefficient (Wildman–Crippen LogP) is 2.57. The number of anilines is 1. The maximum absolute atomic E-state index is 14.3. The summed E-state index contributed by atoms with van der Waals surface area (Å²) in [5.41, 5.74) is 1.06. The summed E-state index contributed by atoms with van der Waals surface area (Å²) in [6.07, 6.45) is 1.06. The Morgan fingerprint density at radius 1 is 1.36 bits per heavy atom. The van der Waals surface area contributed by atoms with E-state index in [9.17, 15) is 14.0 Å². The monoisotopic (exact) mass is 443 g/mol. The van der Waals surface area contributed by atoms with E-state index in [0.29, 0.717) is 17.6 Å². The number of nitrogens with one attached hydrogen (secondary N) is 1. The minimum atomic E-state index is -1.01. The van der Waals surface area contributed by atoms with Gasteiger partial charge in [-0.1, -0.05) is 22.0 Å². The van der Waals surface area contributed by atoms with Gasteiger partial charge in [0.05, 0.1) is 0 Å². The van der Waals surface area contributed by atoms with E-state index in [1.807, 2.05) is 12.1 Å². The van der Waals surface area contributed by atoms with Crippen LogP contribution in [0.2, 0.25) is 0 Å². The lowest BCUT2D eigenvalue weighted by Crippen LogP contribution is -2.47. The van der Waals surface area contributed by atoms with Gasteiger partial charge in [0, 0.05) is 28.2 Å². The van der Waals surface area contributed by atoms with Crippen LogP contribution in [0.1, 0.15) is 22.3 Å². The van der Waals surface area contributed by atoms with Crippen LogP contribution >= 0.6 is 15.9 Å². The first-order valence-corrected chi connectivity index (χ1v) is 9.60. The molecule has 3 heterocycles. The fourth-order valence-corrected chi connectivity index (χ4v) is 4.20. The van der Waals surface area contributed by atoms with E-state index >= 15 is 0 Å². The number of hydrogen-bond donors (Lipinski definition) is 1. The van der Waals surface area contributed by atoms with Gasteiger partial charge in [-0.15, -0.1) is 5.10 Å². The zero-order valence-corrected chi connectivity index (χ0v) is 16.2. The number of hydrogen-bond acceptors (Lipinski definition) is 4. The predicted molar refractivity (Wildman–Crippen MR) is 103 cm³/mol. The van der Waals surface area contributed by atoms with Crippen LogP contribution in [0.25, 0.3) is 5.65 Å². The molecule has 1 spiro atoms. The van der Waals surface area contributed by atoms with Crippen molar-refractivity contribution < 1.29 is 14.0 Å². The number of alkyl halides is 1. The molecule has 0 saturated heterocycles. The highest BCUT2D eigenvalue weighted by Gasteiger charge is 2.61. The average molecular weight is 444 g/mol. The van der Waals surface area contributed by atoms with E-state index in [-0.39, 0.29) is 24.9 Å². The van der Waals surface area contributed by atoms with Crippen molar-refractivity contribution in [1.29, 1.82) is 0 Å². The molecule has 3 aromatic rings. The van der Waals surface area contributed by atoms with Crippen molar-refractivity contribution in [2.24, 2.45) is 0 Å². The molecule has 2 amide bonds. The third kappa shape index (κ3) is 2.69. The first kappa shape index (κ1) is 17.3. The number of rotatable bonds is 3. The van der Waals surface area contributed by atoms with Gasteiger partial charge >= 0.3 is 0 Å². The summed E-state index contributed by atoms with van der Waals surface area (Å²) in [5.74, 6) is -0.532. The second-order valence-corrected chi connectivity index (χ2v) is 8.08. The molecule has 1 saturated carbocycles. The Balaban J connectivity index is 1.37. The first-order chi connectivity index (χ1) is 13.5. The Hall–Kier alpha value is -2.81. The van der Waals surface area contributed by atoms with Gasteiger partial charge in [-0.2, -0.15) is 4.98 Å². The molecule has 7 nitrogen and oxygen atoms in total. The van der Waals surface area contributed by atoms with Crippen molar-refractivity contribution >= 4 is 39.3 Å². The van der Waals surface area contributed by atoms with Crippen LogP contribution in [0.15, 0.2) is 47.1 Å². The third-order valence-corrected chi connectivity index (χ3v) is 5.81. The van der Waals surface area contributed by atoms with E-state index in [1.165, 1.54) is 4.90 Å². The number of halogens is 2. The van der Waals surface area contributed by atoms with Crippen molar-refractivity contribution in [3.05, 3.63) is 58.2 Å². The number of fused-ring (bicyclic) bond motifs is 3. The highest BCUT2D eigenvalue weighted by atomic mass is 79.9. The minimum Gasteiger partial charge on any atom is -0.328 e. The number of amides is 2. The molecule has 2 atom stereocenters. The number of nitrogens with zero attached hydrogens (tertiary/aromatic N) is 4. The highest BCUT2D eigenvalue weighted by Crippen LogP contribution is 2.54. The topological polar surface area (TPSA) is 79.6 Å². The van der Waals surface area contributed by atoms with Crippen LogP contribution < -0.4 is 5.32 Å². The molecule has 0 bridgehead atoms. The zero-order chi connectivity index (χ0) is 19.5. The van der Waals surface area contributed by atoms with Crippen molar-refractivity contribution in [1.82, 2.24) is 19.5 Å². The quantitative estimate of drug-likeness (QED) is 0.674. The van der Waals surface area contributed by atoms with Crippen molar-refractivity contribution in [3.8, 4) is 0 Å². The molecular formula is C19H15BrFN5O2. The van der Waals surface area contributed by atoms with Gasteiger partial charge in [-0.25, -0.2) is 8.91 Å². The molecule has 2 aliphatic rings. The summed E-state index contributed by atoms with van der Waals surface area (Å²) in [5, 5.41) is 6.78. The van der Waals surface area contributed by atoms with Gasteiger partial charge in [0.15, 0.2) is 5.65 Å². The van der Waals surface area contributed by atoms with Gasteiger partial charge < -0.3 is 4.90 Å². The van der Waals surface area contributed by atoms with Gasteiger partial charge in [0.25, 0.3) is 5.91 Å².